The Bertz CT molecular complexity index is 1110. The molecule has 31 heavy (non-hydrogen) atoms. The van der Waals surface area contributed by atoms with Crippen LogP contribution in [-0.2, 0) is 11.3 Å². The molecule has 0 saturated carbocycles. The molecule has 3 aromatic carbocycles. The van der Waals surface area contributed by atoms with Crippen molar-refractivity contribution in [1.82, 2.24) is 20.1 Å². The normalized spacial score (nSPS) is 11.8. The molecule has 4 rings (SSSR count). The van der Waals surface area contributed by atoms with Crippen LogP contribution < -0.4 is 5.32 Å². The Balaban J connectivity index is 1.50. The standard InChI is InChI=1S/C25H24N4OS/c1-19(21-13-7-3-8-14-21)26-23(30)18-31-25-28-27-24(22-15-9-4-10-16-22)29(25)17-20-11-5-2-6-12-20/h2-16,19H,17-18H2,1H3,(H,26,30). The number of rotatable bonds is 8. The van der Waals surface area contributed by atoms with Crippen LogP contribution in [0.15, 0.2) is 96.2 Å². The third kappa shape index (κ3) is 5.41. The predicted molar refractivity (Wildman–Crippen MR) is 125 cm³/mol. The van der Waals surface area contributed by atoms with Gasteiger partial charge in [0.25, 0.3) is 0 Å². The Labute approximate surface area is 186 Å². The van der Waals surface area contributed by atoms with Gasteiger partial charge in [0.05, 0.1) is 18.3 Å². The maximum absolute atomic E-state index is 12.6. The molecule has 156 valence electrons. The van der Waals surface area contributed by atoms with Gasteiger partial charge in [-0.3, -0.25) is 9.36 Å². The van der Waals surface area contributed by atoms with Crippen LogP contribution in [0.3, 0.4) is 0 Å². The third-order valence-electron chi connectivity index (χ3n) is 4.94. The van der Waals surface area contributed by atoms with Gasteiger partial charge in [-0.05, 0) is 18.1 Å². The molecular weight excluding hydrogens is 404 g/mol. The Morgan fingerprint density at radius 3 is 2.19 bits per heavy atom. The highest BCUT2D eigenvalue weighted by molar-refractivity contribution is 7.99. The largest absolute Gasteiger partial charge is 0.349 e. The lowest BCUT2D eigenvalue weighted by atomic mass is 10.1. The average Bonchev–Trinajstić information content (AvgIpc) is 3.22. The second-order valence-corrected chi connectivity index (χ2v) is 8.18. The summed E-state index contributed by atoms with van der Waals surface area (Å²) in [4.78, 5) is 12.6. The highest BCUT2D eigenvalue weighted by atomic mass is 32.2. The Kier molecular flexibility index (Phi) is 6.79. The summed E-state index contributed by atoms with van der Waals surface area (Å²) in [6.07, 6.45) is 0. The monoisotopic (exact) mass is 428 g/mol. The van der Waals surface area contributed by atoms with Crippen molar-refractivity contribution in [3.63, 3.8) is 0 Å². The van der Waals surface area contributed by atoms with Crippen LogP contribution in [0.25, 0.3) is 11.4 Å². The fourth-order valence-corrected chi connectivity index (χ4v) is 4.09. The number of thioether (sulfide) groups is 1. The molecule has 0 radical (unpaired) electrons. The van der Waals surface area contributed by atoms with Gasteiger partial charge in [-0.2, -0.15) is 0 Å². The molecule has 0 aliphatic heterocycles. The van der Waals surface area contributed by atoms with E-state index in [1.165, 1.54) is 11.8 Å². The van der Waals surface area contributed by atoms with Crippen molar-refractivity contribution in [3.05, 3.63) is 102 Å². The molecule has 0 spiro atoms. The fraction of sp³-hybridized carbons (Fsp3) is 0.160. The molecule has 1 atom stereocenters. The summed E-state index contributed by atoms with van der Waals surface area (Å²) < 4.78 is 2.07. The zero-order valence-electron chi connectivity index (χ0n) is 17.3. The van der Waals surface area contributed by atoms with Gasteiger partial charge in [0, 0.05) is 5.56 Å². The minimum absolute atomic E-state index is 0.0307. The number of carbonyl (C=O) groups excluding carboxylic acids is 1. The average molecular weight is 429 g/mol. The quantitative estimate of drug-likeness (QED) is 0.403. The van der Waals surface area contributed by atoms with Gasteiger partial charge in [-0.25, -0.2) is 0 Å². The Morgan fingerprint density at radius 2 is 1.52 bits per heavy atom. The maximum atomic E-state index is 12.6. The van der Waals surface area contributed by atoms with E-state index in [4.69, 9.17) is 0 Å². The predicted octanol–water partition coefficient (Wildman–Crippen LogP) is 4.96. The lowest BCUT2D eigenvalue weighted by Crippen LogP contribution is -2.28. The first-order valence-electron chi connectivity index (χ1n) is 10.2. The van der Waals surface area contributed by atoms with Crippen molar-refractivity contribution in [2.24, 2.45) is 0 Å². The topological polar surface area (TPSA) is 59.8 Å². The van der Waals surface area contributed by atoms with Crippen LogP contribution in [0.1, 0.15) is 24.1 Å². The number of nitrogens with one attached hydrogen (secondary N) is 1. The summed E-state index contributed by atoms with van der Waals surface area (Å²) in [5.41, 5.74) is 3.24. The smallest absolute Gasteiger partial charge is 0.230 e. The van der Waals surface area contributed by atoms with Crippen molar-refractivity contribution < 1.29 is 4.79 Å². The van der Waals surface area contributed by atoms with Gasteiger partial charge in [-0.15, -0.1) is 10.2 Å². The van der Waals surface area contributed by atoms with Gasteiger partial charge in [0.1, 0.15) is 0 Å². The second kappa shape index (κ2) is 10.1. The highest BCUT2D eigenvalue weighted by Crippen LogP contribution is 2.25. The van der Waals surface area contributed by atoms with Crippen LogP contribution in [0.4, 0.5) is 0 Å². The first kappa shape index (κ1) is 20.9. The Hall–Kier alpha value is -3.38. The van der Waals surface area contributed by atoms with E-state index >= 15 is 0 Å². The van der Waals surface area contributed by atoms with E-state index in [1.54, 1.807) is 0 Å². The number of hydrogen-bond acceptors (Lipinski definition) is 4. The van der Waals surface area contributed by atoms with Crippen LogP contribution >= 0.6 is 11.8 Å². The van der Waals surface area contributed by atoms with Crippen molar-refractivity contribution in [3.8, 4) is 11.4 Å². The van der Waals surface area contributed by atoms with Crippen LogP contribution in [-0.4, -0.2) is 26.4 Å². The number of carbonyl (C=O) groups is 1. The fourth-order valence-electron chi connectivity index (χ4n) is 3.34. The lowest BCUT2D eigenvalue weighted by Gasteiger charge is -2.14. The van der Waals surface area contributed by atoms with E-state index in [9.17, 15) is 4.79 Å². The third-order valence-corrected chi connectivity index (χ3v) is 5.91. The number of hydrogen-bond donors (Lipinski definition) is 1. The summed E-state index contributed by atoms with van der Waals surface area (Å²) in [6, 6.07) is 30.1. The molecule has 1 aromatic heterocycles. The van der Waals surface area contributed by atoms with Crippen molar-refractivity contribution in [2.75, 3.05) is 5.75 Å². The van der Waals surface area contributed by atoms with Crippen LogP contribution in [0, 0.1) is 0 Å². The van der Waals surface area contributed by atoms with Crippen LogP contribution in [0.5, 0.6) is 0 Å². The second-order valence-electron chi connectivity index (χ2n) is 7.23. The summed E-state index contributed by atoms with van der Waals surface area (Å²) in [5.74, 6) is 1.04. The molecule has 0 saturated heterocycles. The summed E-state index contributed by atoms with van der Waals surface area (Å²) in [7, 11) is 0. The van der Waals surface area contributed by atoms with Gasteiger partial charge in [0.15, 0.2) is 11.0 Å². The number of benzene rings is 3. The molecule has 1 N–H and O–H groups in total. The summed E-state index contributed by atoms with van der Waals surface area (Å²) in [5, 5.41) is 12.6. The van der Waals surface area contributed by atoms with Crippen molar-refractivity contribution >= 4 is 17.7 Å². The minimum atomic E-state index is -0.0450. The molecule has 1 heterocycles. The number of aromatic nitrogens is 3. The molecule has 1 unspecified atom stereocenters. The molecule has 0 aliphatic carbocycles. The number of nitrogens with zero attached hydrogens (tertiary/aromatic N) is 3. The van der Waals surface area contributed by atoms with Crippen molar-refractivity contribution in [1.29, 1.82) is 0 Å². The first-order valence-corrected chi connectivity index (χ1v) is 11.2. The molecule has 0 bridgehead atoms. The molecule has 0 aliphatic rings. The van der Waals surface area contributed by atoms with E-state index in [2.05, 4.69) is 32.2 Å². The van der Waals surface area contributed by atoms with E-state index < -0.39 is 0 Å². The summed E-state index contributed by atoms with van der Waals surface area (Å²) in [6.45, 7) is 2.63. The van der Waals surface area contributed by atoms with Gasteiger partial charge in [-0.1, -0.05) is 103 Å². The van der Waals surface area contributed by atoms with E-state index in [-0.39, 0.29) is 17.7 Å². The molecular formula is C25H24N4OS. The van der Waals surface area contributed by atoms with E-state index in [1.807, 2.05) is 85.8 Å². The minimum Gasteiger partial charge on any atom is -0.349 e. The maximum Gasteiger partial charge on any atom is 0.230 e. The molecule has 4 aromatic rings. The Morgan fingerprint density at radius 1 is 0.903 bits per heavy atom. The van der Waals surface area contributed by atoms with Gasteiger partial charge in [0.2, 0.25) is 5.91 Å². The number of amides is 1. The zero-order chi connectivity index (χ0) is 21.5. The summed E-state index contributed by atoms with van der Waals surface area (Å²) >= 11 is 1.40. The van der Waals surface area contributed by atoms with Crippen LogP contribution in [0.2, 0.25) is 0 Å². The lowest BCUT2D eigenvalue weighted by molar-refractivity contribution is -0.119. The first-order chi connectivity index (χ1) is 15.2. The molecule has 1 amide bonds. The van der Waals surface area contributed by atoms with Crippen molar-refractivity contribution in [2.45, 2.75) is 24.7 Å². The van der Waals surface area contributed by atoms with Gasteiger partial charge >= 0.3 is 0 Å². The SMILES string of the molecule is CC(NC(=O)CSc1nnc(-c2ccccc2)n1Cc1ccccc1)c1ccccc1. The molecule has 6 heteroatoms. The molecule has 0 fully saturated rings. The van der Waals surface area contributed by atoms with E-state index in [0.717, 1.165) is 27.7 Å². The highest BCUT2D eigenvalue weighted by Gasteiger charge is 2.17. The zero-order valence-corrected chi connectivity index (χ0v) is 18.1. The van der Waals surface area contributed by atoms with E-state index in [0.29, 0.717) is 6.54 Å². The molecule has 5 nitrogen and oxygen atoms in total. The van der Waals surface area contributed by atoms with Gasteiger partial charge < -0.3 is 5.32 Å².